The number of hydrogen-bond acceptors (Lipinski definition) is 3. The predicted octanol–water partition coefficient (Wildman–Crippen LogP) is 2.54. The zero-order chi connectivity index (χ0) is 18.1. The van der Waals surface area contributed by atoms with Gasteiger partial charge in [0.2, 0.25) is 5.43 Å². The summed E-state index contributed by atoms with van der Waals surface area (Å²) in [6.45, 7) is 0. The molecule has 0 aromatic carbocycles. The first kappa shape index (κ1) is 17.8. The molecule has 0 aliphatic rings. The lowest BCUT2D eigenvalue weighted by Gasteiger charge is -2.22. The normalized spacial score (nSPS) is 13.8. The average Bonchev–Trinajstić information content (AvgIpc) is 2.44. The van der Waals surface area contributed by atoms with Crippen LogP contribution in [0.1, 0.15) is 16.8 Å². The van der Waals surface area contributed by atoms with Crippen LogP contribution in [0.25, 0.3) is 11.0 Å². The molecular formula is C13H9F6N3O2. The summed E-state index contributed by atoms with van der Waals surface area (Å²) < 4.78 is 74.8. The third-order valence-corrected chi connectivity index (χ3v) is 3.03. The Bertz CT molecular complexity index is 812. The number of hydrogen-bond donors (Lipinski definition) is 2. The van der Waals surface area contributed by atoms with Gasteiger partial charge in [-0.3, -0.25) is 9.59 Å². The van der Waals surface area contributed by atoms with Crippen LogP contribution in [0.2, 0.25) is 0 Å². The molecule has 1 amide bonds. The number of fused-ring (bicyclic) bond motifs is 1. The Labute approximate surface area is 129 Å². The summed E-state index contributed by atoms with van der Waals surface area (Å²) in [5.74, 6) is -1.56. The smallest absolute Gasteiger partial charge is 0.345 e. The Morgan fingerprint density at radius 1 is 1.25 bits per heavy atom. The lowest BCUT2D eigenvalue weighted by molar-refractivity contribution is -0.199. The summed E-state index contributed by atoms with van der Waals surface area (Å²) >= 11 is 0. The number of nitrogens with zero attached hydrogens (tertiary/aromatic N) is 1. The van der Waals surface area contributed by atoms with Crippen molar-refractivity contribution < 1.29 is 31.1 Å². The van der Waals surface area contributed by atoms with E-state index in [1.165, 1.54) is 23.6 Å². The zero-order valence-electron chi connectivity index (χ0n) is 11.6. The lowest BCUT2D eigenvalue weighted by Crippen LogP contribution is -2.48. The third kappa shape index (κ3) is 4.03. The van der Waals surface area contributed by atoms with Crippen LogP contribution in [0.5, 0.6) is 0 Å². The summed E-state index contributed by atoms with van der Waals surface area (Å²) in [4.78, 5) is 30.1. The molecule has 0 spiro atoms. The van der Waals surface area contributed by atoms with Gasteiger partial charge in [0, 0.05) is 12.4 Å². The van der Waals surface area contributed by atoms with Gasteiger partial charge in [-0.2, -0.15) is 26.3 Å². The molecule has 0 bridgehead atoms. The summed E-state index contributed by atoms with van der Waals surface area (Å²) in [7, 11) is 0. The molecule has 0 aliphatic heterocycles. The number of aromatic amines is 1. The van der Waals surface area contributed by atoms with E-state index >= 15 is 0 Å². The van der Waals surface area contributed by atoms with E-state index in [0.717, 1.165) is 6.20 Å². The minimum absolute atomic E-state index is 0.0791. The van der Waals surface area contributed by atoms with Crippen molar-refractivity contribution in [3.05, 3.63) is 40.3 Å². The molecule has 5 nitrogen and oxygen atoms in total. The molecule has 1 unspecified atom stereocenters. The Morgan fingerprint density at radius 2 is 1.92 bits per heavy atom. The minimum atomic E-state index is -5.32. The summed E-state index contributed by atoms with van der Waals surface area (Å²) in [5, 5.41) is 1.13. The summed E-state index contributed by atoms with van der Waals surface area (Å²) in [5.41, 5.74) is -1.60. The molecule has 2 N–H and O–H groups in total. The Hall–Kier alpha value is -2.59. The zero-order valence-corrected chi connectivity index (χ0v) is 11.6. The van der Waals surface area contributed by atoms with Gasteiger partial charge in [-0.15, -0.1) is 0 Å². The van der Waals surface area contributed by atoms with Gasteiger partial charge in [-0.25, -0.2) is 4.98 Å². The Morgan fingerprint density at radius 3 is 2.50 bits per heavy atom. The first-order valence-corrected chi connectivity index (χ1v) is 6.40. The topological polar surface area (TPSA) is 74.8 Å². The van der Waals surface area contributed by atoms with Crippen molar-refractivity contribution in [1.29, 1.82) is 0 Å². The largest absolute Gasteiger partial charge is 0.408 e. The van der Waals surface area contributed by atoms with Gasteiger partial charge < -0.3 is 10.3 Å². The number of aromatic nitrogens is 2. The number of nitrogens with one attached hydrogen (secondary N) is 2. The number of pyridine rings is 2. The van der Waals surface area contributed by atoms with E-state index in [0.29, 0.717) is 0 Å². The number of H-pyrrole nitrogens is 1. The number of halogens is 6. The van der Waals surface area contributed by atoms with Gasteiger partial charge in [-0.05, 0) is 12.1 Å². The fourth-order valence-electron chi connectivity index (χ4n) is 1.94. The maximum absolute atomic E-state index is 12.7. The van der Waals surface area contributed by atoms with Crippen LogP contribution in [-0.4, -0.2) is 34.3 Å². The van der Waals surface area contributed by atoms with Crippen molar-refractivity contribution >= 4 is 16.9 Å². The fraction of sp³-hybridized carbons (Fsp3) is 0.308. The van der Waals surface area contributed by atoms with Crippen molar-refractivity contribution in [1.82, 2.24) is 15.3 Å². The minimum Gasteiger partial charge on any atom is -0.345 e. The summed E-state index contributed by atoms with van der Waals surface area (Å²) in [6.07, 6.45) is -10.6. The molecule has 11 heteroatoms. The van der Waals surface area contributed by atoms with E-state index in [9.17, 15) is 35.9 Å². The highest BCUT2D eigenvalue weighted by atomic mass is 19.4. The maximum Gasteiger partial charge on any atom is 0.408 e. The van der Waals surface area contributed by atoms with Crippen LogP contribution in [0.4, 0.5) is 26.3 Å². The molecule has 0 radical (unpaired) electrons. The van der Waals surface area contributed by atoms with Crippen molar-refractivity contribution in [3.8, 4) is 0 Å². The monoisotopic (exact) mass is 353 g/mol. The second-order valence-electron chi connectivity index (χ2n) is 4.82. The Kier molecular flexibility index (Phi) is 4.54. The first-order chi connectivity index (χ1) is 11.0. The molecule has 2 rings (SSSR count). The molecule has 0 saturated heterocycles. The van der Waals surface area contributed by atoms with Gasteiger partial charge in [-0.1, -0.05) is 0 Å². The molecule has 2 aromatic rings. The van der Waals surface area contributed by atoms with Crippen LogP contribution in [-0.2, 0) is 0 Å². The highest BCUT2D eigenvalue weighted by molar-refractivity contribution is 5.96. The molecular weight excluding hydrogens is 344 g/mol. The SMILES string of the molecule is O=C(NC(CC(F)(F)F)C(F)(F)F)c1c[nH]c2ncccc2c1=O. The fourth-order valence-corrected chi connectivity index (χ4v) is 1.94. The average molecular weight is 353 g/mol. The van der Waals surface area contributed by atoms with Gasteiger partial charge in [0.25, 0.3) is 5.91 Å². The van der Waals surface area contributed by atoms with Crippen molar-refractivity contribution in [2.75, 3.05) is 0 Å². The van der Waals surface area contributed by atoms with E-state index in [1.807, 2.05) is 0 Å². The first-order valence-electron chi connectivity index (χ1n) is 6.40. The van der Waals surface area contributed by atoms with Crippen LogP contribution >= 0.6 is 0 Å². The maximum atomic E-state index is 12.7. The van der Waals surface area contributed by atoms with Crippen LogP contribution in [0.3, 0.4) is 0 Å². The molecule has 0 fully saturated rings. The van der Waals surface area contributed by atoms with Crippen molar-refractivity contribution in [2.24, 2.45) is 0 Å². The van der Waals surface area contributed by atoms with Crippen LogP contribution < -0.4 is 10.7 Å². The molecule has 130 valence electrons. The summed E-state index contributed by atoms with van der Waals surface area (Å²) in [6, 6.07) is -0.523. The standard InChI is InChI=1S/C13H9F6N3O2/c14-12(15,16)4-8(13(17,18)19)22-11(24)7-5-21-10-6(9(7)23)2-1-3-20-10/h1-3,5,8H,4H2,(H,22,24)(H,20,21,23). The van der Waals surface area contributed by atoms with Crippen LogP contribution in [0, 0.1) is 0 Å². The van der Waals surface area contributed by atoms with Crippen LogP contribution in [0.15, 0.2) is 29.3 Å². The number of rotatable bonds is 3. The molecule has 2 aromatic heterocycles. The van der Waals surface area contributed by atoms with E-state index in [-0.39, 0.29) is 11.0 Å². The Balaban J connectivity index is 2.34. The van der Waals surface area contributed by atoms with E-state index < -0.39 is 41.7 Å². The molecule has 1 atom stereocenters. The van der Waals surface area contributed by atoms with Gasteiger partial charge in [0.05, 0.1) is 11.8 Å². The van der Waals surface area contributed by atoms with Gasteiger partial charge in [0.15, 0.2) is 0 Å². The third-order valence-electron chi connectivity index (χ3n) is 3.03. The van der Waals surface area contributed by atoms with E-state index in [2.05, 4.69) is 9.97 Å². The van der Waals surface area contributed by atoms with Gasteiger partial charge >= 0.3 is 12.4 Å². The lowest BCUT2D eigenvalue weighted by atomic mass is 10.1. The molecule has 2 heterocycles. The highest BCUT2D eigenvalue weighted by Gasteiger charge is 2.47. The predicted molar refractivity (Wildman–Crippen MR) is 70.3 cm³/mol. The van der Waals surface area contributed by atoms with Crippen molar-refractivity contribution in [3.63, 3.8) is 0 Å². The second kappa shape index (κ2) is 6.13. The molecule has 24 heavy (non-hydrogen) atoms. The van der Waals surface area contributed by atoms with E-state index in [1.54, 1.807) is 0 Å². The second-order valence-corrected chi connectivity index (χ2v) is 4.82. The molecule has 0 saturated carbocycles. The number of carbonyl (C=O) groups excluding carboxylic acids is 1. The van der Waals surface area contributed by atoms with Crippen molar-refractivity contribution in [2.45, 2.75) is 24.8 Å². The number of amides is 1. The number of alkyl halides is 6. The van der Waals surface area contributed by atoms with E-state index in [4.69, 9.17) is 0 Å². The highest BCUT2D eigenvalue weighted by Crippen LogP contribution is 2.30. The molecule has 0 aliphatic carbocycles. The van der Waals surface area contributed by atoms with Gasteiger partial charge in [0.1, 0.15) is 17.3 Å². The quantitative estimate of drug-likeness (QED) is 0.833. The number of carbonyl (C=O) groups is 1.